The number of nitrogens with zero attached hydrogens (tertiary/aromatic N) is 1. The molecule has 0 bridgehead atoms. The maximum absolute atomic E-state index is 11.1. The van der Waals surface area contributed by atoms with Crippen LogP contribution in [0.1, 0.15) is 15.9 Å². The molecule has 1 heterocycles. The Morgan fingerprint density at radius 2 is 1.77 bits per heavy atom. The van der Waals surface area contributed by atoms with Gasteiger partial charge in [-0.25, -0.2) is 14.7 Å². The van der Waals surface area contributed by atoms with Crippen molar-refractivity contribution in [3.05, 3.63) is 53.6 Å². The smallest absolute Gasteiger partial charge is 0.335 e. The van der Waals surface area contributed by atoms with Crippen LogP contribution in [0.2, 0.25) is 0 Å². The third kappa shape index (κ3) is 2.29. The van der Waals surface area contributed by atoms with Gasteiger partial charge in [-0.05, 0) is 41.0 Å². The lowest BCUT2D eigenvalue weighted by Crippen LogP contribution is -2.35. The Hall–Kier alpha value is -2.86. The van der Waals surface area contributed by atoms with Gasteiger partial charge in [0.2, 0.25) is 0 Å². The molecule has 0 aliphatic carbocycles. The van der Waals surface area contributed by atoms with E-state index in [4.69, 9.17) is 10.2 Å². The number of anilines is 1. The first-order valence-corrected chi connectivity index (χ1v) is 6.65. The first kappa shape index (κ1) is 14.1. The summed E-state index contributed by atoms with van der Waals surface area (Å²) in [5.74, 6) is -2.09. The molecule has 1 atom stereocenters. The van der Waals surface area contributed by atoms with E-state index < -0.39 is 18.0 Å². The molecule has 1 aliphatic heterocycles. The normalized spacial score (nSPS) is 16.4. The number of carbonyl (C=O) groups is 2. The largest absolute Gasteiger partial charge is 0.480 e. The summed E-state index contributed by atoms with van der Waals surface area (Å²) in [7, 11) is 0. The van der Waals surface area contributed by atoms with Crippen LogP contribution in [0.25, 0.3) is 11.1 Å². The van der Waals surface area contributed by atoms with E-state index in [0.29, 0.717) is 11.3 Å². The number of hydrogen-bond acceptors (Lipinski definition) is 4. The van der Waals surface area contributed by atoms with E-state index in [2.05, 4.69) is 0 Å². The highest BCUT2D eigenvalue weighted by Gasteiger charge is 2.33. The van der Waals surface area contributed by atoms with Gasteiger partial charge >= 0.3 is 11.9 Å². The molecule has 3 N–H and O–H groups in total. The number of hydrogen-bond donors (Lipinski definition) is 3. The molecule has 1 aliphatic rings. The molecule has 0 fully saturated rings. The second-order valence-corrected chi connectivity index (χ2v) is 5.13. The summed E-state index contributed by atoms with van der Waals surface area (Å²) in [5, 5.41) is 28.7. The van der Waals surface area contributed by atoms with Crippen molar-refractivity contribution in [1.82, 2.24) is 0 Å². The topological polar surface area (TPSA) is 98.1 Å². The van der Waals surface area contributed by atoms with Crippen molar-refractivity contribution in [2.75, 3.05) is 5.06 Å². The number of carboxylic acids is 2. The average molecular weight is 299 g/mol. The van der Waals surface area contributed by atoms with E-state index in [0.717, 1.165) is 16.2 Å². The lowest BCUT2D eigenvalue weighted by atomic mass is 9.99. The highest BCUT2D eigenvalue weighted by molar-refractivity contribution is 5.89. The third-order valence-electron chi connectivity index (χ3n) is 3.76. The Bertz CT molecular complexity index is 771. The van der Waals surface area contributed by atoms with Crippen molar-refractivity contribution in [2.24, 2.45) is 0 Å². The zero-order valence-corrected chi connectivity index (χ0v) is 11.4. The van der Waals surface area contributed by atoms with Crippen molar-refractivity contribution in [1.29, 1.82) is 0 Å². The van der Waals surface area contributed by atoms with Crippen molar-refractivity contribution in [3.63, 3.8) is 0 Å². The summed E-state index contributed by atoms with van der Waals surface area (Å²) in [6, 6.07) is 10.7. The Balaban J connectivity index is 1.99. The van der Waals surface area contributed by atoms with Crippen LogP contribution in [-0.2, 0) is 11.2 Å². The van der Waals surface area contributed by atoms with Crippen LogP contribution in [0.5, 0.6) is 0 Å². The fourth-order valence-corrected chi connectivity index (χ4v) is 2.64. The molecule has 22 heavy (non-hydrogen) atoms. The zero-order valence-electron chi connectivity index (χ0n) is 11.4. The molecule has 0 aromatic heterocycles. The number of fused-ring (bicyclic) bond motifs is 1. The maximum Gasteiger partial charge on any atom is 0.335 e. The number of hydroxylamine groups is 1. The van der Waals surface area contributed by atoms with E-state index in [1.807, 2.05) is 0 Å². The van der Waals surface area contributed by atoms with Crippen molar-refractivity contribution in [2.45, 2.75) is 12.5 Å². The van der Waals surface area contributed by atoms with Crippen LogP contribution in [0.4, 0.5) is 5.69 Å². The second kappa shape index (κ2) is 5.16. The zero-order chi connectivity index (χ0) is 15.9. The molecule has 1 unspecified atom stereocenters. The highest BCUT2D eigenvalue weighted by atomic mass is 16.5. The monoisotopic (exact) mass is 299 g/mol. The number of carboxylic acid groups (broad SMARTS) is 2. The molecule has 6 nitrogen and oxygen atoms in total. The molecule has 2 aromatic carbocycles. The molecule has 0 amide bonds. The lowest BCUT2D eigenvalue weighted by Gasteiger charge is -2.15. The molecule has 2 aromatic rings. The quantitative estimate of drug-likeness (QED) is 0.804. The molecular formula is C16H13NO5. The number of benzene rings is 2. The molecule has 6 heteroatoms. The SMILES string of the molecule is O=C(O)c1cccc(-c2ccc3c(c2)CC(C(=O)O)N3O)c1. The summed E-state index contributed by atoms with van der Waals surface area (Å²) < 4.78 is 0. The van der Waals surface area contributed by atoms with Crippen LogP contribution in [0, 0.1) is 0 Å². The fraction of sp³-hybridized carbons (Fsp3) is 0.125. The van der Waals surface area contributed by atoms with Gasteiger partial charge in [0.25, 0.3) is 0 Å². The first-order chi connectivity index (χ1) is 10.5. The van der Waals surface area contributed by atoms with Crippen LogP contribution >= 0.6 is 0 Å². The summed E-state index contributed by atoms with van der Waals surface area (Å²) in [6.07, 6.45) is 0.202. The maximum atomic E-state index is 11.1. The molecule has 0 saturated carbocycles. The van der Waals surface area contributed by atoms with Crippen molar-refractivity contribution in [3.8, 4) is 11.1 Å². The van der Waals surface area contributed by atoms with Gasteiger partial charge in [0.1, 0.15) is 0 Å². The minimum atomic E-state index is -1.09. The minimum Gasteiger partial charge on any atom is -0.480 e. The minimum absolute atomic E-state index is 0.185. The second-order valence-electron chi connectivity index (χ2n) is 5.13. The van der Waals surface area contributed by atoms with E-state index in [1.165, 1.54) is 6.07 Å². The third-order valence-corrected chi connectivity index (χ3v) is 3.76. The summed E-state index contributed by atoms with van der Waals surface area (Å²) in [6.45, 7) is 0. The molecule has 0 saturated heterocycles. The van der Waals surface area contributed by atoms with Crippen LogP contribution < -0.4 is 5.06 Å². The summed E-state index contributed by atoms with van der Waals surface area (Å²) in [5.41, 5.74) is 2.87. The van der Waals surface area contributed by atoms with Gasteiger partial charge in [-0.2, -0.15) is 0 Å². The van der Waals surface area contributed by atoms with Crippen molar-refractivity contribution < 1.29 is 25.0 Å². The first-order valence-electron chi connectivity index (χ1n) is 6.65. The molecule has 3 rings (SSSR count). The van der Waals surface area contributed by atoms with Crippen LogP contribution in [0.15, 0.2) is 42.5 Å². The van der Waals surface area contributed by atoms with Gasteiger partial charge in [0, 0.05) is 6.42 Å². The lowest BCUT2D eigenvalue weighted by molar-refractivity contribution is -0.139. The molecule has 0 spiro atoms. The summed E-state index contributed by atoms with van der Waals surface area (Å²) >= 11 is 0. The van der Waals surface area contributed by atoms with E-state index in [9.17, 15) is 14.8 Å². The predicted octanol–water partition coefficient (Wildman–Crippen LogP) is 2.26. The van der Waals surface area contributed by atoms with Gasteiger partial charge < -0.3 is 10.2 Å². The van der Waals surface area contributed by atoms with Gasteiger partial charge in [-0.1, -0.05) is 18.2 Å². The number of aromatic carboxylic acids is 1. The highest BCUT2D eigenvalue weighted by Crippen LogP contribution is 2.34. The van der Waals surface area contributed by atoms with Gasteiger partial charge in [-0.3, -0.25) is 5.21 Å². The standard InChI is InChI=1S/C16H13NO5/c18-15(19)11-3-1-2-9(6-11)10-4-5-13-12(7-10)8-14(16(20)21)17(13)22/h1-7,14,22H,8H2,(H,18,19)(H,20,21). The Morgan fingerprint density at radius 1 is 1.05 bits per heavy atom. The predicted molar refractivity (Wildman–Crippen MR) is 78.2 cm³/mol. The number of aliphatic carboxylic acids is 1. The van der Waals surface area contributed by atoms with E-state index >= 15 is 0 Å². The molecule has 112 valence electrons. The van der Waals surface area contributed by atoms with Gasteiger partial charge in [0.15, 0.2) is 6.04 Å². The molecule has 0 radical (unpaired) electrons. The van der Waals surface area contributed by atoms with Crippen LogP contribution in [0.3, 0.4) is 0 Å². The fourth-order valence-electron chi connectivity index (χ4n) is 2.64. The van der Waals surface area contributed by atoms with Gasteiger partial charge in [-0.15, -0.1) is 0 Å². The molecular weight excluding hydrogens is 286 g/mol. The summed E-state index contributed by atoms with van der Waals surface area (Å²) in [4.78, 5) is 22.1. The Kier molecular flexibility index (Phi) is 3.30. The Labute approximate surface area is 125 Å². The van der Waals surface area contributed by atoms with Crippen molar-refractivity contribution >= 4 is 17.6 Å². The van der Waals surface area contributed by atoms with Gasteiger partial charge in [0.05, 0.1) is 11.3 Å². The number of rotatable bonds is 3. The Morgan fingerprint density at radius 3 is 2.45 bits per heavy atom. The van der Waals surface area contributed by atoms with Crippen LogP contribution in [-0.4, -0.2) is 33.4 Å². The van der Waals surface area contributed by atoms with E-state index in [-0.39, 0.29) is 12.0 Å². The average Bonchev–Trinajstić information content (AvgIpc) is 2.84. The van der Waals surface area contributed by atoms with E-state index in [1.54, 1.807) is 36.4 Å².